The van der Waals surface area contributed by atoms with Crippen LogP contribution in [0.25, 0.3) is 0 Å². The number of allylic oxidation sites excluding steroid dienone is 4. The van der Waals surface area contributed by atoms with Crippen LogP contribution in [-0.4, -0.2) is 79.8 Å². The Morgan fingerprint density at radius 2 is 1.93 bits per heavy atom. The zero-order valence-corrected chi connectivity index (χ0v) is 28.1. The summed E-state index contributed by atoms with van der Waals surface area (Å²) in [5.41, 5.74) is 1.82. The van der Waals surface area contributed by atoms with Crippen LogP contribution in [0.3, 0.4) is 0 Å². The number of carbonyl (C=O) groups excluding carboxylic acids is 1. The summed E-state index contributed by atoms with van der Waals surface area (Å²) in [6.45, 7) is 15.0. The highest BCUT2D eigenvalue weighted by atomic mass is 35.5. The number of rotatable bonds is 13. The van der Waals surface area contributed by atoms with Gasteiger partial charge in [0.05, 0.1) is 18.2 Å². The molecule has 2 rings (SSSR count). The van der Waals surface area contributed by atoms with Gasteiger partial charge in [-0.05, 0) is 81.6 Å². The second-order valence-electron chi connectivity index (χ2n) is 11.0. The number of methoxy groups -OCH3 is 1. The number of hydrogen-bond donors (Lipinski definition) is 4. The number of likely N-dealkylation sites (N-methyl/N-ethyl adjacent to an activating group) is 1. The number of aliphatic hydroxyl groups excluding tert-OH is 2. The lowest BCUT2D eigenvalue weighted by Gasteiger charge is -2.32. The molecule has 0 saturated carbocycles. The summed E-state index contributed by atoms with van der Waals surface area (Å²) in [6.07, 6.45) is 13.4. The Morgan fingerprint density at radius 3 is 2.51 bits per heavy atom. The van der Waals surface area contributed by atoms with E-state index in [0.717, 1.165) is 56.3 Å². The maximum absolute atomic E-state index is 13.2. The molecule has 0 aromatic heterocycles. The molecule has 1 heterocycles. The van der Waals surface area contributed by atoms with Crippen molar-refractivity contribution in [1.29, 1.82) is 0 Å². The molecule has 0 bridgehead atoms. The standard InChI is InChI=1S/C26H44ClN3O3.C5H12O.C2H6/c1-5-10-18(2)25(32)23(16-28-4)29-26(33)30-14-9-8-11-20(17-30)15-24(31)21-12-6-7-13-22(27)19(21)3;1-3-4-5-6-2;1-2/h7,12-13,18,20,23-25,28,31-32H,5-6,8-11,14-17H2,1-4H3,(H,29,33);3-5H2,1-2H3;1-2H3/t18?,20-,23+,24?,25?;;/m0../s1. The summed E-state index contributed by atoms with van der Waals surface area (Å²) >= 11 is 6.34. The van der Waals surface area contributed by atoms with Crippen molar-refractivity contribution < 1.29 is 19.7 Å². The number of nitrogens with zero attached hydrogens (tertiary/aromatic N) is 1. The molecule has 7 nitrogen and oxygen atoms in total. The Kier molecular flexibility index (Phi) is 23.3. The van der Waals surface area contributed by atoms with Gasteiger partial charge in [-0.2, -0.15) is 0 Å². The van der Waals surface area contributed by atoms with E-state index in [1.165, 1.54) is 12.8 Å². The summed E-state index contributed by atoms with van der Waals surface area (Å²) in [6, 6.07) is -0.466. The lowest BCUT2D eigenvalue weighted by Crippen LogP contribution is -2.55. The first-order chi connectivity index (χ1) is 19.7. The van der Waals surface area contributed by atoms with E-state index in [9.17, 15) is 15.0 Å². The number of ether oxygens (including phenoxy) is 1. The zero-order chi connectivity index (χ0) is 31.2. The van der Waals surface area contributed by atoms with Gasteiger partial charge in [0.15, 0.2) is 0 Å². The molecule has 240 valence electrons. The monoisotopic (exact) mass is 599 g/mol. The van der Waals surface area contributed by atoms with Crippen LogP contribution in [0, 0.1) is 11.8 Å². The van der Waals surface area contributed by atoms with E-state index in [-0.39, 0.29) is 23.9 Å². The fraction of sp³-hybridized carbons (Fsp3) is 0.788. The van der Waals surface area contributed by atoms with Crippen LogP contribution < -0.4 is 10.6 Å². The molecule has 2 aliphatic rings. The molecule has 0 aromatic rings. The number of amides is 2. The average Bonchev–Trinajstić information content (AvgIpc) is 3.31. The van der Waals surface area contributed by atoms with E-state index >= 15 is 0 Å². The van der Waals surface area contributed by atoms with Crippen molar-refractivity contribution in [1.82, 2.24) is 15.5 Å². The first kappa shape index (κ1) is 39.6. The van der Waals surface area contributed by atoms with Gasteiger partial charge in [-0.3, -0.25) is 0 Å². The van der Waals surface area contributed by atoms with Gasteiger partial charge in [-0.15, -0.1) is 0 Å². The number of nitrogens with one attached hydrogen (secondary N) is 2. The Labute approximate surface area is 256 Å². The van der Waals surface area contributed by atoms with Crippen LogP contribution in [0.2, 0.25) is 0 Å². The quantitative estimate of drug-likeness (QED) is 0.175. The number of urea groups is 1. The van der Waals surface area contributed by atoms with Gasteiger partial charge < -0.3 is 30.5 Å². The average molecular weight is 600 g/mol. The van der Waals surface area contributed by atoms with Gasteiger partial charge in [0, 0.05) is 38.4 Å². The molecule has 2 amide bonds. The van der Waals surface area contributed by atoms with Crippen molar-refractivity contribution in [3.8, 4) is 0 Å². The number of halogens is 1. The fourth-order valence-electron chi connectivity index (χ4n) is 5.26. The largest absolute Gasteiger partial charge is 0.391 e. The van der Waals surface area contributed by atoms with Crippen molar-refractivity contribution in [2.24, 2.45) is 11.8 Å². The molecule has 1 aliphatic heterocycles. The molecule has 5 atom stereocenters. The molecule has 3 unspecified atom stereocenters. The Balaban J connectivity index is 0.00000177. The van der Waals surface area contributed by atoms with E-state index in [2.05, 4.69) is 24.5 Å². The maximum Gasteiger partial charge on any atom is 0.317 e. The fourth-order valence-corrected chi connectivity index (χ4v) is 5.45. The normalized spacial score (nSPS) is 20.2. The maximum atomic E-state index is 13.2. The smallest absolute Gasteiger partial charge is 0.317 e. The number of unbranched alkanes of at least 4 members (excludes halogenated alkanes) is 1. The number of aliphatic hydroxyl groups is 2. The highest BCUT2D eigenvalue weighted by Crippen LogP contribution is 2.30. The molecule has 1 aliphatic carbocycles. The molecule has 0 radical (unpaired) electrons. The topological polar surface area (TPSA) is 94.1 Å². The zero-order valence-electron chi connectivity index (χ0n) is 27.3. The van der Waals surface area contributed by atoms with Gasteiger partial charge in [0.1, 0.15) is 0 Å². The third-order valence-corrected chi connectivity index (χ3v) is 8.08. The molecule has 1 fully saturated rings. The van der Waals surface area contributed by atoms with Crippen LogP contribution >= 0.6 is 11.6 Å². The highest BCUT2D eigenvalue weighted by molar-refractivity contribution is 6.31. The third-order valence-electron chi connectivity index (χ3n) is 7.68. The summed E-state index contributed by atoms with van der Waals surface area (Å²) in [5.74, 6) is 0.328. The number of likely N-dealkylation sites (tertiary alicyclic amines) is 1. The van der Waals surface area contributed by atoms with E-state index in [1.807, 2.05) is 57.9 Å². The molecule has 0 spiro atoms. The van der Waals surface area contributed by atoms with Crippen LogP contribution in [0.15, 0.2) is 34.4 Å². The SMILES string of the molecule is CC.CCCC(C)C(O)[C@@H](CNC)NC(=O)N1CCCC[C@@H](CC(O)C2=CCC=CC(Cl)=C2C)C1.CCCCOC. The Bertz CT molecular complexity index is 782. The molecule has 8 heteroatoms. The molecule has 4 N–H and O–H groups in total. The van der Waals surface area contributed by atoms with Gasteiger partial charge in [0.2, 0.25) is 0 Å². The minimum atomic E-state index is -0.597. The predicted octanol–water partition coefficient (Wildman–Crippen LogP) is 6.79. The van der Waals surface area contributed by atoms with Gasteiger partial charge in [-0.1, -0.05) is 77.6 Å². The minimum absolute atomic E-state index is 0.117. The second-order valence-corrected chi connectivity index (χ2v) is 11.5. The first-order valence-electron chi connectivity index (χ1n) is 16.0. The Morgan fingerprint density at radius 1 is 1.22 bits per heavy atom. The van der Waals surface area contributed by atoms with E-state index in [0.29, 0.717) is 31.1 Å². The van der Waals surface area contributed by atoms with E-state index in [4.69, 9.17) is 16.3 Å². The molecule has 1 saturated heterocycles. The summed E-state index contributed by atoms with van der Waals surface area (Å²) < 4.78 is 4.78. The summed E-state index contributed by atoms with van der Waals surface area (Å²) in [7, 11) is 3.57. The third kappa shape index (κ3) is 15.6. The van der Waals surface area contributed by atoms with Crippen molar-refractivity contribution in [3.05, 3.63) is 34.4 Å². The Hall–Kier alpha value is -1.38. The summed E-state index contributed by atoms with van der Waals surface area (Å²) in [4.78, 5) is 15.0. The van der Waals surface area contributed by atoms with Gasteiger partial charge in [0.25, 0.3) is 0 Å². The molecular formula is C33H62ClN3O4. The highest BCUT2D eigenvalue weighted by Gasteiger charge is 2.30. The van der Waals surface area contributed by atoms with Crippen molar-refractivity contribution in [2.45, 2.75) is 118 Å². The van der Waals surface area contributed by atoms with Crippen LogP contribution in [-0.2, 0) is 4.74 Å². The van der Waals surface area contributed by atoms with Crippen LogP contribution in [0.4, 0.5) is 4.79 Å². The molecule has 41 heavy (non-hydrogen) atoms. The lowest BCUT2D eigenvalue weighted by molar-refractivity contribution is 0.0713. The van der Waals surface area contributed by atoms with Gasteiger partial charge in [-0.25, -0.2) is 4.79 Å². The van der Waals surface area contributed by atoms with E-state index < -0.39 is 12.2 Å². The van der Waals surface area contributed by atoms with Crippen molar-refractivity contribution >= 4 is 17.6 Å². The molecular weight excluding hydrogens is 538 g/mol. The lowest BCUT2D eigenvalue weighted by atomic mass is 9.90. The predicted molar refractivity (Wildman–Crippen MR) is 174 cm³/mol. The number of hydrogen-bond acceptors (Lipinski definition) is 5. The second kappa shape index (κ2) is 24.1. The van der Waals surface area contributed by atoms with Crippen molar-refractivity contribution in [3.63, 3.8) is 0 Å². The van der Waals surface area contributed by atoms with Gasteiger partial charge >= 0.3 is 6.03 Å². The molecule has 0 aromatic carbocycles. The first-order valence-corrected chi connectivity index (χ1v) is 16.4. The van der Waals surface area contributed by atoms with Crippen LogP contribution in [0.5, 0.6) is 0 Å². The number of carbonyl (C=O) groups is 1. The van der Waals surface area contributed by atoms with Crippen molar-refractivity contribution in [2.75, 3.05) is 40.4 Å². The van der Waals surface area contributed by atoms with Crippen LogP contribution in [0.1, 0.15) is 99.3 Å². The van der Waals surface area contributed by atoms with E-state index in [1.54, 1.807) is 7.11 Å². The minimum Gasteiger partial charge on any atom is -0.391 e. The summed E-state index contributed by atoms with van der Waals surface area (Å²) in [5, 5.41) is 28.7.